The van der Waals surface area contributed by atoms with Gasteiger partial charge in [0.25, 0.3) is 5.91 Å². The molecule has 38 heavy (non-hydrogen) atoms. The van der Waals surface area contributed by atoms with Crippen molar-refractivity contribution >= 4 is 33.7 Å². The van der Waals surface area contributed by atoms with E-state index in [1.165, 1.54) is 10.5 Å². The summed E-state index contributed by atoms with van der Waals surface area (Å²) in [5.74, 6) is 1.66. The number of nitrogens with zero attached hydrogens (tertiary/aromatic N) is 2. The van der Waals surface area contributed by atoms with E-state index in [0.717, 1.165) is 54.8 Å². The minimum atomic E-state index is -0.181. The number of benzene rings is 1. The first-order valence-electron chi connectivity index (χ1n) is 13.5. The van der Waals surface area contributed by atoms with Crippen LogP contribution < -0.4 is 10.1 Å². The summed E-state index contributed by atoms with van der Waals surface area (Å²) in [6.45, 7) is 2.77. The first kappa shape index (κ1) is 26.2. The molecule has 2 aromatic heterocycles. The fourth-order valence-corrected chi connectivity index (χ4v) is 6.48. The lowest BCUT2D eigenvalue weighted by atomic mass is 9.75. The number of aromatic nitrogens is 2. The van der Waals surface area contributed by atoms with Crippen molar-refractivity contribution in [3.8, 4) is 5.75 Å². The molecule has 200 valence electrons. The Hall–Kier alpha value is -3.39. The number of fused-ring (bicyclic) bond motifs is 1. The lowest BCUT2D eigenvalue weighted by molar-refractivity contribution is -0.144. The van der Waals surface area contributed by atoms with Gasteiger partial charge in [0.15, 0.2) is 4.96 Å². The van der Waals surface area contributed by atoms with E-state index in [4.69, 9.17) is 9.47 Å². The van der Waals surface area contributed by atoms with E-state index in [0.29, 0.717) is 37.1 Å². The van der Waals surface area contributed by atoms with E-state index in [2.05, 4.69) is 28.6 Å². The molecular weight excluding hydrogens is 498 g/mol. The van der Waals surface area contributed by atoms with Gasteiger partial charge in [0, 0.05) is 25.4 Å². The lowest BCUT2D eigenvalue weighted by Gasteiger charge is -2.31. The smallest absolute Gasteiger partial charge is 0.306 e. The molecule has 0 aliphatic heterocycles. The largest absolute Gasteiger partial charge is 0.497 e. The third-order valence-corrected chi connectivity index (χ3v) is 8.70. The zero-order chi connectivity index (χ0) is 26.5. The van der Waals surface area contributed by atoms with Gasteiger partial charge in [-0.1, -0.05) is 41.2 Å². The maximum Gasteiger partial charge on any atom is 0.306 e. The van der Waals surface area contributed by atoms with Gasteiger partial charge in [0.05, 0.1) is 18.6 Å². The molecule has 0 spiro atoms. The Kier molecular flexibility index (Phi) is 8.27. The molecule has 5 rings (SSSR count). The predicted molar refractivity (Wildman–Crippen MR) is 149 cm³/mol. The van der Waals surface area contributed by atoms with Crippen molar-refractivity contribution in [3.63, 3.8) is 0 Å². The predicted octanol–water partition coefficient (Wildman–Crippen LogP) is 6.20. The summed E-state index contributed by atoms with van der Waals surface area (Å²) in [6, 6.07) is 7.64. The van der Waals surface area contributed by atoms with E-state index < -0.39 is 0 Å². The fourth-order valence-electron chi connectivity index (χ4n) is 5.46. The molecule has 3 aromatic rings. The number of hydrogen-bond donors (Lipinski definition) is 1. The van der Waals surface area contributed by atoms with Gasteiger partial charge in [0.1, 0.15) is 11.4 Å². The molecule has 1 aromatic carbocycles. The highest BCUT2D eigenvalue weighted by atomic mass is 32.1. The summed E-state index contributed by atoms with van der Waals surface area (Å²) in [6.07, 6.45) is 15.7. The third-order valence-electron chi connectivity index (χ3n) is 7.63. The van der Waals surface area contributed by atoms with Gasteiger partial charge >= 0.3 is 5.97 Å². The number of carbonyl (C=O) groups excluding carboxylic acids is 2. The zero-order valence-electron chi connectivity index (χ0n) is 22.1. The standard InChI is InChI=1S/C30H35N3O4S/c1-3-37-28(34)16-20-4-8-22(9-5-20)23-10-12-24(13-11-23)27-19-33-18-26(32-30(33)38-27)29(35)31-17-21-6-14-25(36-2)15-7-21/h6-7,10,12,14-15,18-20,22H,3-5,8-9,11,13,16-17H2,1-2H3,(H,31,35)/t20-,22-. The monoisotopic (exact) mass is 533 g/mol. The van der Waals surface area contributed by atoms with Gasteiger partial charge in [-0.2, -0.15) is 0 Å². The van der Waals surface area contributed by atoms with Crippen LogP contribution in [0.1, 0.15) is 72.8 Å². The van der Waals surface area contributed by atoms with Crippen molar-refractivity contribution in [2.45, 2.75) is 58.4 Å². The average molecular weight is 534 g/mol. The highest BCUT2D eigenvalue weighted by Gasteiger charge is 2.26. The summed E-state index contributed by atoms with van der Waals surface area (Å²) < 4.78 is 12.3. The van der Waals surface area contributed by atoms with Crippen molar-refractivity contribution in [1.29, 1.82) is 0 Å². The Balaban J connectivity index is 1.15. The molecule has 8 heteroatoms. The number of nitrogens with one attached hydrogen (secondary N) is 1. The van der Waals surface area contributed by atoms with Crippen LogP contribution in [-0.2, 0) is 16.1 Å². The summed E-state index contributed by atoms with van der Waals surface area (Å²) in [5, 5.41) is 2.94. The summed E-state index contributed by atoms with van der Waals surface area (Å²) in [5.41, 5.74) is 4.30. The Morgan fingerprint density at radius 3 is 2.53 bits per heavy atom. The molecule has 1 amide bonds. The van der Waals surface area contributed by atoms with E-state index in [1.54, 1.807) is 30.2 Å². The first-order valence-corrected chi connectivity index (χ1v) is 14.3. The Morgan fingerprint density at radius 2 is 1.87 bits per heavy atom. The Labute approximate surface area is 227 Å². The third kappa shape index (κ3) is 6.18. The molecule has 0 saturated heterocycles. The highest BCUT2D eigenvalue weighted by molar-refractivity contribution is 7.18. The average Bonchev–Trinajstić information content (AvgIpc) is 3.53. The summed E-state index contributed by atoms with van der Waals surface area (Å²) >= 11 is 1.62. The molecule has 1 fully saturated rings. The van der Waals surface area contributed by atoms with Crippen molar-refractivity contribution in [2.75, 3.05) is 13.7 Å². The maximum absolute atomic E-state index is 12.6. The second-order valence-electron chi connectivity index (χ2n) is 10.1. The number of allylic oxidation sites excluding steroid dienone is 4. The number of imidazole rings is 1. The van der Waals surface area contributed by atoms with Gasteiger partial charge in [-0.05, 0) is 80.6 Å². The molecule has 2 aliphatic carbocycles. The normalized spacial score (nSPS) is 19.5. The molecule has 0 bridgehead atoms. The number of esters is 1. The number of thiazole rings is 1. The maximum atomic E-state index is 12.6. The first-order chi connectivity index (χ1) is 18.5. The molecule has 1 saturated carbocycles. The van der Waals surface area contributed by atoms with E-state index >= 15 is 0 Å². The van der Waals surface area contributed by atoms with E-state index in [1.807, 2.05) is 35.6 Å². The second kappa shape index (κ2) is 12.0. The number of carbonyl (C=O) groups is 2. The van der Waals surface area contributed by atoms with Crippen LogP contribution in [0.2, 0.25) is 0 Å². The van der Waals surface area contributed by atoms with Crippen LogP contribution in [0.25, 0.3) is 10.5 Å². The molecule has 2 aliphatic rings. The summed E-state index contributed by atoms with van der Waals surface area (Å²) in [4.78, 5) is 31.0. The molecule has 1 N–H and O–H groups in total. The highest BCUT2D eigenvalue weighted by Crippen LogP contribution is 2.40. The van der Waals surface area contributed by atoms with Gasteiger partial charge in [-0.3, -0.25) is 14.0 Å². The van der Waals surface area contributed by atoms with Crippen molar-refractivity contribution in [1.82, 2.24) is 14.7 Å². The van der Waals surface area contributed by atoms with Gasteiger partial charge in [-0.15, -0.1) is 0 Å². The van der Waals surface area contributed by atoms with E-state index in [9.17, 15) is 9.59 Å². The van der Waals surface area contributed by atoms with Crippen LogP contribution in [0.5, 0.6) is 5.75 Å². The Morgan fingerprint density at radius 1 is 1.08 bits per heavy atom. The molecular formula is C30H35N3O4S. The molecule has 0 radical (unpaired) electrons. The number of ether oxygens (including phenoxy) is 2. The van der Waals surface area contributed by atoms with Gasteiger partial charge in [0.2, 0.25) is 0 Å². The molecule has 0 atom stereocenters. The zero-order valence-corrected chi connectivity index (χ0v) is 22.9. The number of amides is 1. The van der Waals surface area contributed by atoms with Gasteiger partial charge < -0.3 is 14.8 Å². The van der Waals surface area contributed by atoms with Crippen LogP contribution in [0.4, 0.5) is 0 Å². The van der Waals surface area contributed by atoms with Crippen LogP contribution in [0.15, 0.2) is 54.4 Å². The van der Waals surface area contributed by atoms with Crippen LogP contribution in [-0.4, -0.2) is 35.0 Å². The van der Waals surface area contributed by atoms with Crippen molar-refractivity contribution in [3.05, 3.63) is 70.5 Å². The van der Waals surface area contributed by atoms with Gasteiger partial charge in [-0.25, -0.2) is 4.98 Å². The van der Waals surface area contributed by atoms with Crippen LogP contribution in [0, 0.1) is 11.8 Å². The molecule has 2 heterocycles. The Bertz CT molecular complexity index is 1310. The topological polar surface area (TPSA) is 81.9 Å². The minimum Gasteiger partial charge on any atom is -0.497 e. The minimum absolute atomic E-state index is 0.0518. The molecule has 7 nitrogen and oxygen atoms in total. The van der Waals surface area contributed by atoms with Crippen LogP contribution in [0.3, 0.4) is 0 Å². The SMILES string of the molecule is CCOC(=O)C[C@H]1CC[C@H](C2=CC=C(c3cn4cc(C(=O)NCc5ccc(OC)cc5)nc4s3)CC2)CC1. The second-order valence-corrected chi connectivity index (χ2v) is 11.1. The van der Waals surface area contributed by atoms with Crippen LogP contribution >= 0.6 is 11.3 Å². The lowest BCUT2D eigenvalue weighted by Crippen LogP contribution is -2.23. The number of rotatable bonds is 9. The van der Waals surface area contributed by atoms with Crippen molar-refractivity contribution < 1.29 is 19.1 Å². The van der Waals surface area contributed by atoms with E-state index in [-0.39, 0.29) is 11.9 Å². The summed E-state index contributed by atoms with van der Waals surface area (Å²) in [7, 11) is 1.63. The number of methoxy groups -OCH3 is 1. The van der Waals surface area contributed by atoms with Crippen molar-refractivity contribution in [2.24, 2.45) is 11.8 Å². The quantitative estimate of drug-likeness (QED) is 0.331. The fraction of sp³-hybridized carbons (Fsp3) is 0.433. The molecule has 0 unspecified atom stereocenters. The number of hydrogen-bond acceptors (Lipinski definition) is 6.